The van der Waals surface area contributed by atoms with E-state index in [-0.39, 0.29) is 11.1 Å². The van der Waals surface area contributed by atoms with Crippen LogP contribution in [0.25, 0.3) is 0 Å². The lowest BCUT2D eigenvalue weighted by Gasteiger charge is -2.13. The second kappa shape index (κ2) is 6.21. The highest BCUT2D eigenvalue weighted by Gasteiger charge is 2.29. The number of H-pyrrole nitrogens is 1. The molecule has 1 aromatic rings. The third kappa shape index (κ3) is 3.38. The average Bonchev–Trinajstić information content (AvgIpc) is 2.93. The Hall–Kier alpha value is -0.960. The summed E-state index contributed by atoms with van der Waals surface area (Å²) in [7, 11) is -1.58. The van der Waals surface area contributed by atoms with Crippen molar-refractivity contribution in [3.05, 3.63) is 11.3 Å². The first-order chi connectivity index (χ1) is 9.44. The van der Waals surface area contributed by atoms with Crippen LogP contribution in [0, 0.1) is 6.92 Å². The Morgan fingerprint density at radius 3 is 2.85 bits per heavy atom. The van der Waals surface area contributed by atoms with Gasteiger partial charge in [-0.15, -0.1) is 0 Å². The van der Waals surface area contributed by atoms with Gasteiger partial charge in [-0.05, 0) is 33.5 Å². The van der Waals surface area contributed by atoms with Crippen molar-refractivity contribution in [3.63, 3.8) is 0 Å². The molecule has 3 N–H and O–H groups in total. The van der Waals surface area contributed by atoms with Crippen LogP contribution in [0.2, 0.25) is 0 Å². The first-order valence-corrected chi connectivity index (χ1v) is 8.37. The topological polar surface area (TPSA) is 90.1 Å². The molecule has 0 radical (unpaired) electrons. The zero-order chi connectivity index (χ0) is 14.8. The van der Waals surface area contributed by atoms with E-state index in [0.717, 1.165) is 31.7 Å². The number of likely N-dealkylation sites (N-methyl/N-ethyl adjacent to an activating group) is 1. The Balaban J connectivity index is 2.16. The van der Waals surface area contributed by atoms with E-state index in [1.165, 1.54) is 0 Å². The van der Waals surface area contributed by atoms with E-state index in [4.69, 9.17) is 0 Å². The molecule has 7 nitrogen and oxygen atoms in total. The van der Waals surface area contributed by atoms with Crippen LogP contribution in [0.1, 0.15) is 24.6 Å². The van der Waals surface area contributed by atoms with Gasteiger partial charge in [0.1, 0.15) is 0 Å². The number of sulfonamides is 1. The van der Waals surface area contributed by atoms with Gasteiger partial charge in [-0.25, -0.2) is 13.1 Å². The molecule has 1 aliphatic heterocycles. The van der Waals surface area contributed by atoms with Crippen molar-refractivity contribution in [2.24, 2.45) is 0 Å². The number of hydrogen-bond acceptors (Lipinski definition) is 5. The zero-order valence-corrected chi connectivity index (χ0v) is 13.0. The fraction of sp³-hybridized carbons (Fsp3) is 0.750. The predicted octanol–water partition coefficient (Wildman–Crippen LogP) is -0.190. The minimum atomic E-state index is -3.57. The molecule has 1 atom stereocenters. The second-order valence-electron chi connectivity index (χ2n) is 5.28. The number of hydrogen-bond donors (Lipinski definition) is 3. The van der Waals surface area contributed by atoms with E-state index < -0.39 is 10.0 Å². The standard InChI is InChI=1S/C12H23N5O2S/c1-4-13-7-11-9(2)14-15-12(11)20(18,19)16-10-5-6-17(3)8-10/h10,13,16H,4-8H2,1-3H3,(H,14,15). The van der Waals surface area contributed by atoms with Gasteiger partial charge in [0, 0.05) is 30.4 Å². The summed E-state index contributed by atoms with van der Waals surface area (Å²) in [5, 5.41) is 10.00. The van der Waals surface area contributed by atoms with Crippen molar-refractivity contribution in [1.29, 1.82) is 0 Å². The Kier molecular flexibility index (Phi) is 4.79. The number of rotatable bonds is 6. The molecule has 0 bridgehead atoms. The van der Waals surface area contributed by atoms with E-state index in [1.807, 2.05) is 20.9 Å². The van der Waals surface area contributed by atoms with Crippen molar-refractivity contribution in [3.8, 4) is 0 Å². The first-order valence-electron chi connectivity index (χ1n) is 6.89. The van der Waals surface area contributed by atoms with Crippen molar-refractivity contribution < 1.29 is 8.42 Å². The normalized spacial score (nSPS) is 20.6. The van der Waals surface area contributed by atoms with Gasteiger partial charge in [-0.2, -0.15) is 5.10 Å². The van der Waals surface area contributed by atoms with Crippen LogP contribution in [0.4, 0.5) is 0 Å². The maximum atomic E-state index is 12.5. The molecule has 2 rings (SSSR count). The molecular weight excluding hydrogens is 278 g/mol. The summed E-state index contributed by atoms with van der Waals surface area (Å²) in [5.74, 6) is 0. The molecule has 1 fully saturated rings. The number of nitrogens with one attached hydrogen (secondary N) is 3. The summed E-state index contributed by atoms with van der Waals surface area (Å²) in [6, 6.07) is -0.0333. The number of aryl methyl sites for hydroxylation is 1. The zero-order valence-electron chi connectivity index (χ0n) is 12.2. The van der Waals surface area contributed by atoms with Crippen LogP contribution in [0.3, 0.4) is 0 Å². The van der Waals surface area contributed by atoms with Gasteiger partial charge in [0.25, 0.3) is 10.0 Å². The molecule has 0 aromatic carbocycles. The van der Waals surface area contributed by atoms with Crippen LogP contribution in [-0.4, -0.2) is 56.2 Å². The Labute approximate surface area is 120 Å². The van der Waals surface area contributed by atoms with E-state index >= 15 is 0 Å². The molecule has 114 valence electrons. The molecule has 0 saturated carbocycles. The second-order valence-corrected chi connectivity index (χ2v) is 6.91. The summed E-state index contributed by atoms with van der Waals surface area (Å²) in [6.45, 7) is 6.76. The lowest BCUT2D eigenvalue weighted by molar-refractivity contribution is 0.407. The molecule has 0 spiro atoms. The van der Waals surface area contributed by atoms with Crippen molar-refractivity contribution in [1.82, 2.24) is 25.1 Å². The summed E-state index contributed by atoms with van der Waals surface area (Å²) in [4.78, 5) is 2.11. The minimum absolute atomic E-state index is 0.0333. The van der Waals surface area contributed by atoms with E-state index in [9.17, 15) is 8.42 Å². The molecule has 0 aliphatic carbocycles. The van der Waals surface area contributed by atoms with Gasteiger partial charge in [-0.3, -0.25) is 5.10 Å². The number of nitrogens with zero attached hydrogens (tertiary/aromatic N) is 2. The highest BCUT2D eigenvalue weighted by atomic mass is 32.2. The third-order valence-corrected chi connectivity index (χ3v) is 5.05. The van der Waals surface area contributed by atoms with E-state index in [2.05, 4.69) is 25.1 Å². The molecule has 8 heteroatoms. The van der Waals surface area contributed by atoms with E-state index in [0.29, 0.717) is 12.1 Å². The van der Waals surface area contributed by atoms with Crippen molar-refractivity contribution in [2.45, 2.75) is 37.9 Å². The lowest BCUT2D eigenvalue weighted by Crippen LogP contribution is -2.37. The van der Waals surface area contributed by atoms with Crippen molar-refractivity contribution >= 4 is 10.0 Å². The number of aromatic amines is 1. The van der Waals surface area contributed by atoms with E-state index in [1.54, 1.807) is 0 Å². The predicted molar refractivity (Wildman–Crippen MR) is 76.9 cm³/mol. The Bertz CT molecular complexity index is 554. The highest BCUT2D eigenvalue weighted by molar-refractivity contribution is 7.89. The van der Waals surface area contributed by atoms with Crippen LogP contribution in [0.5, 0.6) is 0 Å². The molecule has 1 aromatic heterocycles. The number of likely N-dealkylation sites (tertiary alicyclic amines) is 1. The average molecular weight is 301 g/mol. The molecule has 1 unspecified atom stereocenters. The first kappa shape index (κ1) is 15.4. The summed E-state index contributed by atoms with van der Waals surface area (Å²) in [5.41, 5.74) is 1.50. The fourth-order valence-electron chi connectivity index (χ4n) is 2.42. The molecular formula is C12H23N5O2S. The SMILES string of the molecule is CCNCc1c(S(=O)(=O)NC2CCN(C)C2)n[nH]c1C. The largest absolute Gasteiger partial charge is 0.313 e. The smallest absolute Gasteiger partial charge is 0.260 e. The summed E-state index contributed by atoms with van der Waals surface area (Å²) >= 11 is 0. The van der Waals surface area contributed by atoms with Crippen LogP contribution in [0.15, 0.2) is 5.03 Å². The van der Waals surface area contributed by atoms with Gasteiger partial charge in [0.15, 0.2) is 5.03 Å². The van der Waals surface area contributed by atoms with Crippen LogP contribution < -0.4 is 10.0 Å². The third-order valence-electron chi connectivity index (χ3n) is 3.56. The summed E-state index contributed by atoms with van der Waals surface area (Å²) < 4.78 is 27.7. The maximum absolute atomic E-state index is 12.5. The van der Waals surface area contributed by atoms with Gasteiger partial charge in [0.2, 0.25) is 0 Å². The fourth-order valence-corrected chi connectivity index (χ4v) is 3.88. The Morgan fingerprint density at radius 2 is 2.25 bits per heavy atom. The van der Waals surface area contributed by atoms with Gasteiger partial charge >= 0.3 is 0 Å². The highest BCUT2D eigenvalue weighted by Crippen LogP contribution is 2.18. The lowest BCUT2D eigenvalue weighted by atomic mass is 10.2. The van der Waals surface area contributed by atoms with Crippen LogP contribution in [-0.2, 0) is 16.6 Å². The minimum Gasteiger partial charge on any atom is -0.313 e. The molecule has 0 amide bonds. The maximum Gasteiger partial charge on any atom is 0.260 e. The van der Waals surface area contributed by atoms with Gasteiger partial charge in [0.05, 0.1) is 0 Å². The molecule has 1 saturated heterocycles. The molecule has 20 heavy (non-hydrogen) atoms. The van der Waals surface area contributed by atoms with Gasteiger partial charge in [-0.1, -0.05) is 6.92 Å². The monoisotopic (exact) mass is 301 g/mol. The molecule has 1 aliphatic rings. The van der Waals surface area contributed by atoms with Gasteiger partial charge < -0.3 is 10.2 Å². The Morgan fingerprint density at radius 1 is 1.50 bits per heavy atom. The molecule has 2 heterocycles. The van der Waals surface area contributed by atoms with Crippen LogP contribution >= 0.6 is 0 Å². The van der Waals surface area contributed by atoms with Crippen molar-refractivity contribution in [2.75, 3.05) is 26.7 Å². The quantitative estimate of drug-likeness (QED) is 0.677. The number of aromatic nitrogens is 2. The summed E-state index contributed by atoms with van der Waals surface area (Å²) in [6.07, 6.45) is 0.835.